The number of nitrogens with zero attached hydrogens (tertiary/aromatic N) is 1. The number of halogens is 1. The van der Waals surface area contributed by atoms with Crippen molar-refractivity contribution in [3.8, 4) is 5.75 Å². The molecule has 0 spiro atoms. The van der Waals surface area contributed by atoms with E-state index in [0.717, 1.165) is 44.2 Å². The van der Waals surface area contributed by atoms with Crippen molar-refractivity contribution in [2.24, 2.45) is 0 Å². The molecule has 0 atom stereocenters. The van der Waals surface area contributed by atoms with Crippen LogP contribution < -0.4 is 19.9 Å². The SMILES string of the molecule is COc1cccc(NC(=O)CC[NH+]2CCN(c3ccccc3F)CC2)c1. The second-order valence-electron chi connectivity index (χ2n) is 6.47. The summed E-state index contributed by atoms with van der Waals surface area (Å²) in [6.45, 7) is 4.18. The summed E-state index contributed by atoms with van der Waals surface area (Å²) >= 11 is 0. The zero-order chi connectivity index (χ0) is 18.4. The maximum Gasteiger partial charge on any atom is 0.230 e. The number of benzene rings is 2. The average Bonchev–Trinajstić information content (AvgIpc) is 2.67. The summed E-state index contributed by atoms with van der Waals surface area (Å²) in [7, 11) is 1.60. The average molecular weight is 358 g/mol. The summed E-state index contributed by atoms with van der Waals surface area (Å²) in [6.07, 6.45) is 0.465. The molecular weight excluding hydrogens is 333 g/mol. The zero-order valence-corrected chi connectivity index (χ0v) is 15.0. The molecule has 1 saturated heterocycles. The second kappa shape index (κ2) is 8.67. The molecule has 1 fully saturated rings. The van der Waals surface area contributed by atoms with Crippen LogP contribution in [0.3, 0.4) is 0 Å². The van der Waals surface area contributed by atoms with Gasteiger partial charge in [0.2, 0.25) is 5.91 Å². The Morgan fingerprint density at radius 3 is 2.69 bits per heavy atom. The summed E-state index contributed by atoms with van der Waals surface area (Å²) in [4.78, 5) is 15.6. The molecule has 1 heterocycles. The molecule has 1 aliphatic heterocycles. The minimum Gasteiger partial charge on any atom is -0.497 e. The van der Waals surface area contributed by atoms with Gasteiger partial charge in [0.15, 0.2) is 0 Å². The minimum absolute atomic E-state index is 0.00212. The van der Waals surface area contributed by atoms with Crippen molar-refractivity contribution in [3.63, 3.8) is 0 Å². The van der Waals surface area contributed by atoms with Gasteiger partial charge in [0.05, 0.1) is 51.9 Å². The number of methoxy groups -OCH3 is 1. The van der Waals surface area contributed by atoms with Crippen molar-refractivity contribution in [1.29, 1.82) is 0 Å². The van der Waals surface area contributed by atoms with Crippen molar-refractivity contribution >= 4 is 17.3 Å². The third-order valence-electron chi connectivity index (χ3n) is 4.72. The first kappa shape index (κ1) is 18.2. The molecule has 1 aliphatic rings. The van der Waals surface area contributed by atoms with Crippen molar-refractivity contribution in [1.82, 2.24) is 0 Å². The van der Waals surface area contributed by atoms with Crippen molar-refractivity contribution in [2.45, 2.75) is 6.42 Å². The maximum atomic E-state index is 13.9. The summed E-state index contributed by atoms with van der Waals surface area (Å²) in [5.74, 6) is 0.550. The molecule has 138 valence electrons. The Balaban J connectivity index is 1.43. The van der Waals surface area contributed by atoms with Gasteiger partial charge in [-0.05, 0) is 24.3 Å². The predicted molar refractivity (Wildman–Crippen MR) is 100 cm³/mol. The van der Waals surface area contributed by atoms with E-state index in [2.05, 4.69) is 10.2 Å². The molecule has 26 heavy (non-hydrogen) atoms. The third-order valence-corrected chi connectivity index (χ3v) is 4.72. The summed E-state index contributed by atoms with van der Waals surface area (Å²) in [6, 6.07) is 14.2. The van der Waals surface area contributed by atoms with Gasteiger partial charge in [-0.1, -0.05) is 18.2 Å². The zero-order valence-electron chi connectivity index (χ0n) is 15.0. The van der Waals surface area contributed by atoms with E-state index in [0.29, 0.717) is 12.1 Å². The van der Waals surface area contributed by atoms with E-state index in [1.54, 1.807) is 19.2 Å². The van der Waals surface area contributed by atoms with Crippen LogP contribution >= 0.6 is 0 Å². The van der Waals surface area contributed by atoms with Gasteiger partial charge >= 0.3 is 0 Å². The number of carbonyl (C=O) groups excluding carboxylic acids is 1. The van der Waals surface area contributed by atoms with E-state index in [1.165, 1.54) is 11.0 Å². The van der Waals surface area contributed by atoms with Gasteiger partial charge in [-0.15, -0.1) is 0 Å². The number of para-hydroxylation sites is 1. The lowest BCUT2D eigenvalue weighted by molar-refractivity contribution is -0.900. The summed E-state index contributed by atoms with van der Waals surface area (Å²) in [5, 5.41) is 2.91. The molecule has 5 nitrogen and oxygen atoms in total. The fraction of sp³-hybridized carbons (Fsp3) is 0.350. The molecule has 2 aromatic rings. The number of hydrogen-bond donors (Lipinski definition) is 2. The van der Waals surface area contributed by atoms with Gasteiger partial charge in [0, 0.05) is 11.8 Å². The van der Waals surface area contributed by atoms with E-state index in [-0.39, 0.29) is 11.7 Å². The highest BCUT2D eigenvalue weighted by molar-refractivity contribution is 5.90. The maximum absolute atomic E-state index is 13.9. The van der Waals surface area contributed by atoms with E-state index in [1.807, 2.05) is 30.3 Å². The molecule has 1 amide bonds. The van der Waals surface area contributed by atoms with E-state index in [9.17, 15) is 9.18 Å². The smallest absolute Gasteiger partial charge is 0.230 e. The Kier molecular flexibility index (Phi) is 6.07. The van der Waals surface area contributed by atoms with Gasteiger partial charge in [0.25, 0.3) is 0 Å². The van der Waals surface area contributed by atoms with E-state index >= 15 is 0 Å². The van der Waals surface area contributed by atoms with Gasteiger partial charge in [-0.25, -0.2) is 4.39 Å². The first-order valence-corrected chi connectivity index (χ1v) is 8.92. The third kappa shape index (κ3) is 4.73. The number of ether oxygens (including phenoxy) is 1. The van der Waals surface area contributed by atoms with Crippen LogP contribution in [0.2, 0.25) is 0 Å². The molecule has 0 unspecified atom stereocenters. The van der Waals surface area contributed by atoms with Crippen LogP contribution in [-0.2, 0) is 4.79 Å². The van der Waals surface area contributed by atoms with Gasteiger partial charge in [0.1, 0.15) is 11.6 Å². The van der Waals surface area contributed by atoms with Crippen molar-refractivity contribution in [3.05, 3.63) is 54.3 Å². The highest BCUT2D eigenvalue weighted by atomic mass is 19.1. The molecule has 2 N–H and O–H groups in total. The Morgan fingerprint density at radius 1 is 1.19 bits per heavy atom. The first-order valence-electron chi connectivity index (χ1n) is 8.92. The second-order valence-corrected chi connectivity index (χ2v) is 6.47. The predicted octanol–water partition coefficient (Wildman–Crippen LogP) is 1.57. The number of piperazine rings is 1. The molecule has 0 bridgehead atoms. The number of carbonyl (C=O) groups is 1. The van der Waals surface area contributed by atoms with Crippen molar-refractivity contribution in [2.75, 3.05) is 50.1 Å². The molecule has 0 aliphatic carbocycles. The van der Waals surface area contributed by atoms with Gasteiger partial charge in [-0.2, -0.15) is 0 Å². The number of nitrogens with one attached hydrogen (secondary N) is 2. The van der Waals surface area contributed by atoms with Crippen LogP contribution in [0, 0.1) is 5.82 Å². The van der Waals surface area contributed by atoms with Gasteiger partial charge in [-0.3, -0.25) is 4.79 Å². The molecule has 0 radical (unpaired) electrons. The largest absolute Gasteiger partial charge is 0.497 e. The standard InChI is InChI=1S/C20H24FN3O2/c1-26-17-6-4-5-16(15-17)22-20(25)9-10-23-11-13-24(14-12-23)19-8-3-2-7-18(19)21/h2-8,15H,9-14H2,1H3,(H,22,25)/p+1. The summed E-state index contributed by atoms with van der Waals surface area (Å²) in [5.41, 5.74) is 1.41. The normalized spacial score (nSPS) is 14.9. The first-order chi connectivity index (χ1) is 12.7. The highest BCUT2D eigenvalue weighted by Crippen LogP contribution is 2.18. The lowest BCUT2D eigenvalue weighted by Gasteiger charge is -2.33. The molecule has 2 aromatic carbocycles. The Morgan fingerprint density at radius 2 is 1.96 bits per heavy atom. The fourth-order valence-electron chi connectivity index (χ4n) is 3.24. The molecule has 0 saturated carbocycles. The molecule has 6 heteroatoms. The number of quaternary nitrogens is 1. The fourth-order valence-corrected chi connectivity index (χ4v) is 3.24. The molecule has 0 aromatic heterocycles. The number of hydrogen-bond acceptors (Lipinski definition) is 3. The highest BCUT2D eigenvalue weighted by Gasteiger charge is 2.22. The van der Waals surface area contributed by atoms with Gasteiger partial charge < -0.3 is 19.9 Å². The topological polar surface area (TPSA) is 46.0 Å². The van der Waals surface area contributed by atoms with E-state index < -0.39 is 0 Å². The van der Waals surface area contributed by atoms with Crippen LogP contribution in [0.25, 0.3) is 0 Å². The van der Waals surface area contributed by atoms with Crippen LogP contribution in [0.4, 0.5) is 15.8 Å². The number of rotatable bonds is 6. The lowest BCUT2D eigenvalue weighted by Crippen LogP contribution is -3.15. The Labute approximate surface area is 153 Å². The van der Waals surface area contributed by atoms with Crippen LogP contribution in [-0.4, -0.2) is 45.7 Å². The minimum atomic E-state index is -0.173. The monoisotopic (exact) mass is 358 g/mol. The van der Waals surface area contributed by atoms with Crippen molar-refractivity contribution < 1.29 is 18.8 Å². The van der Waals surface area contributed by atoms with E-state index in [4.69, 9.17) is 4.74 Å². The number of anilines is 2. The Bertz CT molecular complexity index is 745. The molecule has 3 rings (SSSR count). The van der Waals surface area contributed by atoms with Crippen LogP contribution in [0.15, 0.2) is 48.5 Å². The molecular formula is C20H25FN3O2+. The number of amides is 1. The Hall–Kier alpha value is -2.60. The lowest BCUT2D eigenvalue weighted by atomic mass is 10.2. The van der Waals surface area contributed by atoms with Crippen LogP contribution in [0.5, 0.6) is 5.75 Å². The summed E-state index contributed by atoms with van der Waals surface area (Å²) < 4.78 is 19.0. The quantitative estimate of drug-likeness (QED) is 0.824. The van der Waals surface area contributed by atoms with Crippen LogP contribution in [0.1, 0.15) is 6.42 Å².